The molecule has 4 rings (SSSR count). The third-order valence-electron chi connectivity index (χ3n) is 5.52. The molecule has 2 saturated carbocycles. The number of hydrogen-bond acceptors (Lipinski definition) is 10. The molecular weight excluding hydrogens is 408 g/mol. The van der Waals surface area contributed by atoms with Crippen LogP contribution in [0.4, 0.5) is 0 Å². The molecule has 4 amide bonds. The van der Waals surface area contributed by atoms with E-state index in [-0.39, 0.29) is 16.5 Å². The summed E-state index contributed by atoms with van der Waals surface area (Å²) in [5.41, 5.74) is 0. The van der Waals surface area contributed by atoms with Crippen LogP contribution >= 0.6 is 0 Å². The van der Waals surface area contributed by atoms with Crippen LogP contribution in [0.1, 0.15) is 6.42 Å². The van der Waals surface area contributed by atoms with Gasteiger partial charge in [-0.2, -0.15) is 16.8 Å². The van der Waals surface area contributed by atoms with Crippen LogP contribution in [0.5, 0.6) is 0 Å². The topological polar surface area (TPSA) is 161 Å². The predicted octanol–water partition coefficient (Wildman–Crippen LogP) is -2.38. The summed E-state index contributed by atoms with van der Waals surface area (Å²) in [6.07, 6.45) is 1.61. The maximum Gasteiger partial charge on any atom is 0.285 e. The second kappa shape index (κ2) is 5.33. The van der Waals surface area contributed by atoms with Crippen LogP contribution in [-0.2, 0) is 48.0 Å². The zero-order chi connectivity index (χ0) is 20.0. The minimum Gasteiger partial charge on any atom is -0.272 e. The minimum absolute atomic E-state index is 0.185. The molecule has 148 valence electrons. The Hall–Kier alpha value is -1.90. The summed E-state index contributed by atoms with van der Waals surface area (Å²) in [6.45, 7) is 0. The number of fused-ring (bicyclic) bond motifs is 8. The minimum atomic E-state index is -4.13. The summed E-state index contributed by atoms with van der Waals surface area (Å²) in [6, 6.07) is 0. The van der Waals surface area contributed by atoms with E-state index < -0.39 is 79.4 Å². The van der Waals surface area contributed by atoms with Gasteiger partial charge in [0.15, 0.2) is 0 Å². The molecule has 12 nitrogen and oxygen atoms in total. The molecule has 4 fully saturated rings. The van der Waals surface area contributed by atoms with Gasteiger partial charge in [0.2, 0.25) is 0 Å². The molecular formula is C13H14N2O10S2. The van der Waals surface area contributed by atoms with E-state index in [9.17, 15) is 36.0 Å². The zero-order valence-corrected chi connectivity index (χ0v) is 15.6. The van der Waals surface area contributed by atoms with Crippen LogP contribution in [0.2, 0.25) is 0 Å². The van der Waals surface area contributed by atoms with Crippen molar-refractivity contribution >= 4 is 43.9 Å². The summed E-state index contributed by atoms with van der Waals surface area (Å²) in [4.78, 5) is 50.1. The van der Waals surface area contributed by atoms with E-state index >= 15 is 0 Å². The number of carbonyl (C=O) groups is 4. The molecule has 4 atom stereocenters. The molecule has 0 radical (unpaired) electrons. The molecule has 0 aromatic carbocycles. The smallest absolute Gasteiger partial charge is 0.272 e. The Bertz CT molecular complexity index is 878. The quantitative estimate of drug-likeness (QED) is 0.447. The molecule has 2 heterocycles. The highest BCUT2D eigenvalue weighted by Crippen LogP contribution is 2.63. The molecule has 0 aromatic rings. The number of nitrogens with zero attached hydrogens (tertiary/aromatic N) is 2. The van der Waals surface area contributed by atoms with Crippen molar-refractivity contribution in [2.45, 2.75) is 6.42 Å². The van der Waals surface area contributed by atoms with Crippen LogP contribution in [0.3, 0.4) is 0 Å². The fourth-order valence-corrected chi connectivity index (χ4v) is 5.77. The monoisotopic (exact) mass is 422 g/mol. The highest BCUT2D eigenvalue weighted by atomic mass is 32.2. The summed E-state index contributed by atoms with van der Waals surface area (Å²) in [5, 5.41) is 0.370. The first-order valence-corrected chi connectivity index (χ1v) is 11.5. The predicted molar refractivity (Wildman–Crippen MR) is 81.1 cm³/mol. The first-order chi connectivity index (χ1) is 12.3. The molecule has 0 spiro atoms. The Morgan fingerprint density at radius 2 is 0.926 bits per heavy atom. The Labute approximate surface area is 153 Å². The van der Waals surface area contributed by atoms with Gasteiger partial charge in [0.1, 0.15) is 0 Å². The average molecular weight is 422 g/mol. The number of hydroxylamine groups is 4. The van der Waals surface area contributed by atoms with Crippen LogP contribution in [0.25, 0.3) is 0 Å². The lowest BCUT2D eigenvalue weighted by Crippen LogP contribution is -2.37. The van der Waals surface area contributed by atoms with Gasteiger partial charge in [-0.1, -0.05) is 0 Å². The molecule has 2 saturated heterocycles. The molecule has 0 N–H and O–H groups in total. The van der Waals surface area contributed by atoms with Crippen molar-refractivity contribution < 1.29 is 44.6 Å². The van der Waals surface area contributed by atoms with E-state index in [0.29, 0.717) is 12.5 Å². The molecule has 14 heteroatoms. The third kappa shape index (κ3) is 2.54. The number of amides is 4. The fourth-order valence-electron chi connectivity index (χ4n) is 4.94. The summed E-state index contributed by atoms with van der Waals surface area (Å²) < 4.78 is 54.1. The van der Waals surface area contributed by atoms with Gasteiger partial charge in [0, 0.05) is 0 Å². The highest BCUT2D eigenvalue weighted by molar-refractivity contribution is 7.86. The van der Waals surface area contributed by atoms with E-state index in [1.54, 1.807) is 0 Å². The van der Waals surface area contributed by atoms with Gasteiger partial charge in [0.25, 0.3) is 43.9 Å². The molecule has 0 aromatic heterocycles. The number of hydrogen-bond donors (Lipinski definition) is 0. The second-order valence-corrected chi connectivity index (χ2v) is 10.3. The number of imide groups is 2. The van der Waals surface area contributed by atoms with Gasteiger partial charge in [-0.15, -0.1) is 18.7 Å². The SMILES string of the molecule is CS(=O)(=O)ON1C(=O)C2C3CC(C2C1=O)C1C(=O)N(OS(C)(=O)=O)C(=O)C31. The number of carbonyl (C=O) groups excluding carboxylic acids is 4. The molecule has 2 aliphatic heterocycles. The summed E-state index contributed by atoms with van der Waals surface area (Å²) >= 11 is 0. The van der Waals surface area contributed by atoms with E-state index in [2.05, 4.69) is 8.57 Å². The van der Waals surface area contributed by atoms with Gasteiger partial charge < -0.3 is 0 Å². The Morgan fingerprint density at radius 1 is 0.667 bits per heavy atom. The van der Waals surface area contributed by atoms with Crippen molar-refractivity contribution in [3.8, 4) is 0 Å². The van der Waals surface area contributed by atoms with E-state index in [4.69, 9.17) is 0 Å². The third-order valence-corrected chi connectivity index (χ3v) is 6.36. The van der Waals surface area contributed by atoms with Crippen molar-refractivity contribution in [1.82, 2.24) is 10.1 Å². The van der Waals surface area contributed by atoms with Gasteiger partial charge >= 0.3 is 0 Å². The second-order valence-electron chi connectivity index (χ2n) is 7.17. The molecule has 4 aliphatic rings. The van der Waals surface area contributed by atoms with Crippen molar-refractivity contribution in [2.24, 2.45) is 35.5 Å². The summed E-state index contributed by atoms with van der Waals surface area (Å²) in [7, 11) is -8.27. The van der Waals surface area contributed by atoms with Crippen molar-refractivity contribution in [3.05, 3.63) is 0 Å². The van der Waals surface area contributed by atoms with E-state index in [1.807, 2.05) is 0 Å². The van der Waals surface area contributed by atoms with Crippen LogP contribution in [0.15, 0.2) is 0 Å². The van der Waals surface area contributed by atoms with Crippen molar-refractivity contribution in [3.63, 3.8) is 0 Å². The lowest BCUT2D eigenvalue weighted by atomic mass is 9.70. The van der Waals surface area contributed by atoms with Crippen LogP contribution < -0.4 is 0 Å². The molecule has 2 aliphatic carbocycles. The largest absolute Gasteiger partial charge is 0.285 e. The van der Waals surface area contributed by atoms with Gasteiger partial charge in [-0.25, -0.2) is 0 Å². The Kier molecular flexibility index (Phi) is 3.65. The maximum absolute atomic E-state index is 12.5. The lowest BCUT2D eigenvalue weighted by molar-refractivity contribution is -0.168. The summed E-state index contributed by atoms with van der Waals surface area (Å²) in [5.74, 6) is -8.96. The molecule has 4 unspecified atom stereocenters. The normalized spacial score (nSPS) is 38.1. The Morgan fingerprint density at radius 3 is 1.15 bits per heavy atom. The van der Waals surface area contributed by atoms with Gasteiger partial charge in [-0.05, 0) is 18.3 Å². The zero-order valence-electron chi connectivity index (χ0n) is 14.0. The average Bonchev–Trinajstić information content (AvgIpc) is 3.19. The van der Waals surface area contributed by atoms with Crippen LogP contribution in [-0.4, -0.2) is 63.1 Å². The van der Waals surface area contributed by atoms with Crippen molar-refractivity contribution in [2.75, 3.05) is 12.5 Å². The lowest BCUT2D eigenvalue weighted by Gasteiger charge is -2.27. The first-order valence-electron chi connectivity index (χ1n) is 7.86. The first kappa shape index (κ1) is 18.5. The number of rotatable bonds is 4. The standard InChI is InChI=1S/C13H14N2O10S2/c1-26(20,21)24-14-10(16)6-4-3-5(7(6)11(14)17)9-8(4)12(18)15(13(9)19)25-27(2,22)23/h4-9H,3H2,1-2H3. The van der Waals surface area contributed by atoms with E-state index in [1.165, 1.54) is 0 Å². The van der Waals surface area contributed by atoms with Gasteiger partial charge in [-0.3, -0.25) is 19.2 Å². The van der Waals surface area contributed by atoms with Crippen LogP contribution in [0, 0.1) is 35.5 Å². The highest BCUT2D eigenvalue weighted by Gasteiger charge is 2.74. The van der Waals surface area contributed by atoms with Crippen molar-refractivity contribution in [1.29, 1.82) is 0 Å². The van der Waals surface area contributed by atoms with E-state index in [0.717, 1.165) is 0 Å². The fraction of sp³-hybridized carbons (Fsp3) is 0.692. The molecule has 2 bridgehead atoms. The van der Waals surface area contributed by atoms with Gasteiger partial charge in [0.05, 0.1) is 36.2 Å². The molecule has 27 heavy (non-hydrogen) atoms. The Balaban J connectivity index is 1.67. The maximum atomic E-state index is 12.5.